The van der Waals surface area contributed by atoms with Crippen LogP contribution in [0.25, 0.3) is 0 Å². The van der Waals surface area contributed by atoms with Crippen molar-refractivity contribution in [2.24, 2.45) is 12.5 Å². The van der Waals surface area contributed by atoms with Crippen molar-refractivity contribution in [2.75, 3.05) is 0 Å². The quantitative estimate of drug-likeness (QED) is 0.696. The van der Waals surface area contributed by atoms with Crippen LogP contribution in [-0.4, -0.2) is 9.78 Å². The Morgan fingerprint density at radius 1 is 1.46 bits per heavy atom. The molecular weight excluding hydrogens is 160 g/mol. The molecule has 1 aromatic rings. The van der Waals surface area contributed by atoms with E-state index in [1.54, 1.807) is 0 Å². The highest BCUT2D eigenvalue weighted by atomic mass is 15.2. The lowest BCUT2D eigenvalue weighted by atomic mass is 9.84. The first-order chi connectivity index (χ1) is 6.03. The molecule has 13 heavy (non-hydrogen) atoms. The zero-order chi connectivity index (χ0) is 9.90. The number of hydrogen-bond donors (Lipinski definition) is 0. The minimum absolute atomic E-state index is 0.468. The average Bonchev–Trinajstić information content (AvgIpc) is 2.48. The summed E-state index contributed by atoms with van der Waals surface area (Å²) in [7, 11) is 1.97. The second-order valence-electron chi connectivity index (χ2n) is 4.54. The molecule has 1 aromatic heterocycles. The molecule has 0 bridgehead atoms. The standard InChI is InChI=1S/C11H20N2/c1-5-11(2,3)7-6-10-8-12-13(4)9-10/h8-9H,5-7H2,1-4H3. The SMILES string of the molecule is CCC(C)(C)CCc1cnn(C)c1. The van der Waals surface area contributed by atoms with Gasteiger partial charge < -0.3 is 0 Å². The summed E-state index contributed by atoms with van der Waals surface area (Å²) in [6.45, 7) is 6.90. The summed E-state index contributed by atoms with van der Waals surface area (Å²) in [5, 5.41) is 4.16. The topological polar surface area (TPSA) is 17.8 Å². The van der Waals surface area contributed by atoms with E-state index in [0.717, 1.165) is 6.42 Å². The van der Waals surface area contributed by atoms with Crippen LogP contribution in [0.15, 0.2) is 12.4 Å². The van der Waals surface area contributed by atoms with Crippen molar-refractivity contribution >= 4 is 0 Å². The summed E-state index contributed by atoms with van der Waals surface area (Å²) in [5.74, 6) is 0. The Hall–Kier alpha value is -0.790. The van der Waals surface area contributed by atoms with Gasteiger partial charge in [0.25, 0.3) is 0 Å². The number of aryl methyl sites for hydroxylation is 2. The highest BCUT2D eigenvalue weighted by molar-refractivity contribution is 5.03. The molecule has 0 aliphatic heterocycles. The van der Waals surface area contributed by atoms with E-state index in [2.05, 4.69) is 32.1 Å². The van der Waals surface area contributed by atoms with Gasteiger partial charge in [0.05, 0.1) is 6.20 Å². The number of hydrogen-bond acceptors (Lipinski definition) is 1. The third kappa shape index (κ3) is 3.21. The first-order valence-corrected chi connectivity index (χ1v) is 5.01. The molecule has 0 saturated carbocycles. The fourth-order valence-electron chi connectivity index (χ4n) is 1.26. The first kappa shape index (κ1) is 10.3. The lowest BCUT2D eigenvalue weighted by Gasteiger charge is -2.21. The van der Waals surface area contributed by atoms with Crippen molar-refractivity contribution in [1.82, 2.24) is 9.78 Å². The fourth-order valence-corrected chi connectivity index (χ4v) is 1.26. The van der Waals surface area contributed by atoms with Gasteiger partial charge in [-0.1, -0.05) is 27.2 Å². The van der Waals surface area contributed by atoms with E-state index in [-0.39, 0.29) is 0 Å². The van der Waals surface area contributed by atoms with E-state index in [4.69, 9.17) is 0 Å². The Morgan fingerprint density at radius 3 is 2.62 bits per heavy atom. The molecular formula is C11H20N2. The number of rotatable bonds is 4. The number of nitrogens with zero attached hydrogens (tertiary/aromatic N) is 2. The maximum atomic E-state index is 4.16. The van der Waals surface area contributed by atoms with Crippen molar-refractivity contribution < 1.29 is 0 Å². The smallest absolute Gasteiger partial charge is 0.0521 e. The zero-order valence-electron chi connectivity index (χ0n) is 9.17. The van der Waals surface area contributed by atoms with Crippen LogP contribution < -0.4 is 0 Å². The Balaban J connectivity index is 2.43. The van der Waals surface area contributed by atoms with Crippen molar-refractivity contribution in [2.45, 2.75) is 40.0 Å². The van der Waals surface area contributed by atoms with E-state index in [9.17, 15) is 0 Å². The van der Waals surface area contributed by atoms with Crippen LogP contribution >= 0.6 is 0 Å². The van der Waals surface area contributed by atoms with Crippen LogP contribution in [0.3, 0.4) is 0 Å². The van der Waals surface area contributed by atoms with E-state index in [1.165, 1.54) is 18.4 Å². The van der Waals surface area contributed by atoms with Gasteiger partial charge in [0, 0.05) is 13.2 Å². The third-order valence-electron chi connectivity index (χ3n) is 2.81. The van der Waals surface area contributed by atoms with Crippen LogP contribution in [0.5, 0.6) is 0 Å². The minimum atomic E-state index is 0.468. The number of aromatic nitrogens is 2. The van der Waals surface area contributed by atoms with Crippen LogP contribution in [0.1, 0.15) is 39.2 Å². The lowest BCUT2D eigenvalue weighted by molar-refractivity contribution is 0.322. The highest BCUT2D eigenvalue weighted by Gasteiger charge is 2.14. The maximum absolute atomic E-state index is 4.16. The van der Waals surface area contributed by atoms with Gasteiger partial charge >= 0.3 is 0 Å². The average molecular weight is 180 g/mol. The van der Waals surface area contributed by atoms with Gasteiger partial charge in [-0.05, 0) is 23.8 Å². The van der Waals surface area contributed by atoms with Gasteiger partial charge in [0.15, 0.2) is 0 Å². The van der Waals surface area contributed by atoms with Gasteiger partial charge in [-0.2, -0.15) is 5.10 Å². The molecule has 0 aliphatic carbocycles. The molecule has 2 heteroatoms. The molecule has 0 atom stereocenters. The van der Waals surface area contributed by atoms with E-state index < -0.39 is 0 Å². The molecule has 2 nitrogen and oxygen atoms in total. The van der Waals surface area contributed by atoms with E-state index in [0.29, 0.717) is 5.41 Å². The molecule has 0 aromatic carbocycles. The summed E-state index contributed by atoms with van der Waals surface area (Å²) >= 11 is 0. The molecule has 0 unspecified atom stereocenters. The van der Waals surface area contributed by atoms with Crippen molar-refractivity contribution in [3.8, 4) is 0 Å². The first-order valence-electron chi connectivity index (χ1n) is 5.01. The van der Waals surface area contributed by atoms with Gasteiger partial charge in [-0.3, -0.25) is 4.68 Å². The van der Waals surface area contributed by atoms with Crippen LogP contribution in [-0.2, 0) is 13.5 Å². The lowest BCUT2D eigenvalue weighted by Crippen LogP contribution is -2.10. The summed E-state index contributed by atoms with van der Waals surface area (Å²) in [5.41, 5.74) is 1.82. The Morgan fingerprint density at radius 2 is 2.15 bits per heavy atom. The van der Waals surface area contributed by atoms with Crippen molar-refractivity contribution in [3.63, 3.8) is 0 Å². The van der Waals surface area contributed by atoms with E-state index >= 15 is 0 Å². The van der Waals surface area contributed by atoms with Gasteiger partial charge in [-0.15, -0.1) is 0 Å². The summed E-state index contributed by atoms with van der Waals surface area (Å²) in [4.78, 5) is 0. The highest BCUT2D eigenvalue weighted by Crippen LogP contribution is 2.26. The van der Waals surface area contributed by atoms with Gasteiger partial charge in [-0.25, -0.2) is 0 Å². The Bertz CT molecular complexity index is 261. The van der Waals surface area contributed by atoms with Crippen molar-refractivity contribution in [1.29, 1.82) is 0 Å². The fraction of sp³-hybridized carbons (Fsp3) is 0.727. The Kier molecular flexibility index (Phi) is 3.12. The summed E-state index contributed by atoms with van der Waals surface area (Å²) in [6, 6.07) is 0. The molecule has 1 heterocycles. The van der Waals surface area contributed by atoms with Crippen molar-refractivity contribution in [3.05, 3.63) is 18.0 Å². The second-order valence-corrected chi connectivity index (χ2v) is 4.54. The Labute approximate surface area is 81.0 Å². The van der Waals surface area contributed by atoms with Crippen LogP contribution in [0, 0.1) is 5.41 Å². The van der Waals surface area contributed by atoms with E-state index in [1.807, 2.05) is 17.9 Å². The molecule has 0 fully saturated rings. The van der Waals surface area contributed by atoms with Crippen LogP contribution in [0.2, 0.25) is 0 Å². The summed E-state index contributed by atoms with van der Waals surface area (Å²) in [6.07, 6.45) is 7.70. The molecule has 0 amide bonds. The largest absolute Gasteiger partial charge is 0.276 e. The molecule has 0 N–H and O–H groups in total. The molecule has 1 rings (SSSR count). The minimum Gasteiger partial charge on any atom is -0.276 e. The third-order valence-corrected chi connectivity index (χ3v) is 2.81. The predicted molar refractivity (Wildman–Crippen MR) is 55.6 cm³/mol. The zero-order valence-corrected chi connectivity index (χ0v) is 9.17. The monoisotopic (exact) mass is 180 g/mol. The molecule has 0 radical (unpaired) electrons. The maximum Gasteiger partial charge on any atom is 0.0521 e. The molecule has 74 valence electrons. The molecule has 0 saturated heterocycles. The molecule has 0 spiro atoms. The summed E-state index contributed by atoms with van der Waals surface area (Å²) < 4.78 is 1.87. The normalized spacial score (nSPS) is 12.0. The molecule has 0 aliphatic rings. The van der Waals surface area contributed by atoms with Gasteiger partial charge in [0.2, 0.25) is 0 Å². The predicted octanol–water partition coefficient (Wildman–Crippen LogP) is 2.79. The van der Waals surface area contributed by atoms with Crippen LogP contribution in [0.4, 0.5) is 0 Å². The van der Waals surface area contributed by atoms with Gasteiger partial charge in [0.1, 0.15) is 0 Å². The second kappa shape index (κ2) is 3.95.